The number of pyridine rings is 1. The van der Waals surface area contributed by atoms with Crippen LogP contribution >= 0.6 is 0 Å². The predicted molar refractivity (Wildman–Crippen MR) is 129 cm³/mol. The molecule has 32 heavy (non-hydrogen) atoms. The highest BCUT2D eigenvalue weighted by molar-refractivity contribution is 6.08. The van der Waals surface area contributed by atoms with E-state index in [0.29, 0.717) is 17.1 Å². The number of aromatic amines is 1. The Bertz CT molecular complexity index is 1370. The number of aromatic nitrogens is 3. The fourth-order valence-corrected chi connectivity index (χ4v) is 3.73. The van der Waals surface area contributed by atoms with Crippen molar-refractivity contribution in [2.45, 2.75) is 13.8 Å². The molecule has 7 heteroatoms. The van der Waals surface area contributed by atoms with Crippen molar-refractivity contribution in [2.75, 3.05) is 7.05 Å². The number of benzene rings is 2. The van der Waals surface area contributed by atoms with E-state index < -0.39 is 0 Å². The molecule has 0 atom stereocenters. The Kier molecular flexibility index (Phi) is 5.64. The maximum absolute atomic E-state index is 12.2. The first-order valence-electron chi connectivity index (χ1n) is 10.2. The predicted octanol–water partition coefficient (Wildman–Crippen LogP) is 4.55. The lowest BCUT2D eigenvalue weighted by molar-refractivity contribution is 0.489. The van der Waals surface area contributed by atoms with E-state index in [4.69, 9.17) is 10.1 Å². The first-order valence-corrected chi connectivity index (χ1v) is 10.2. The van der Waals surface area contributed by atoms with E-state index in [2.05, 4.69) is 15.3 Å². The molecule has 0 fully saturated rings. The molecule has 2 heterocycles. The minimum atomic E-state index is -0.0277. The fourth-order valence-electron chi connectivity index (χ4n) is 3.73. The molecule has 0 bridgehead atoms. The zero-order valence-electron chi connectivity index (χ0n) is 18.5. The maximum Gasteiger partial charge on any atom is 0.253 e. The maximum atomic E-state index is 12.2. The van der Waals surface area contributed by atoms with E-state index in [9.17, 15) is 4.79 Å². The molecule has 3 N–H and O–H groups in total. The van der Waals surface area contributed by atoms with Crippen molar-refractivity contribution in [1.29, 1.82) is 5.41 Å². The molecular formula is C25H25N5O2. The van der Waals surface area contributed by atoms with E-state index >= 15 is 0 Å². The van der Waals surface area contributed by atoms with Gasteiger partial charge in [0.25, 0.3) is 5.56 Å². The number of imidazole rings is 1. The molecule has 0 spiro atoms. The zero-order valence-corrected chi connectivity index (χ0v) is 18.5. The molecular weight excluding hydrogens is 402 g/mol. The van der Waals surface area contributed by atoms with Crippen molar-refractivity contribution in [3.63, 3.8) is 0 Å². The third-order valence-corrected chi connectivity index (χ3v) is 5.26. The smallest absolute Gasteiger partial charge is 0.253 e. The van der Waals surface area contributed by atoms with Gasteiger partial charge in [-0.15, -0.1) is 0 Å². The van der Waals surface area contributed by atoms with Crippen LogP contribution in [0.15, 0.2) is 59.7 Å². The highest BCUT2D eigenvalue weighted by atomic mass is 16.5. The van der Waals surface area contributed by atoms with Gasteiger partial charge in [-0.1, -0.05) is 12.1 Å². The molecule has 2 aromatic carbocycles. The Morgan fingerprint density at radius 1 is 1.19 bits per heavy atom. The van der Waals surface area contributed by atoms with Gasteiger partial charge in [-0.05, 0) is 49.7 Å². The summed E-state index contributed by atoms with van der Waals surface area (Å²) in [5.74, 6) is 2.07. The van der Waals surface area contributed by atoms with Gasteiger partial charge in [-0.2, -0.15) is 0 Å². The summed E-state index contributed by atoms with van der Waals surface area (Å²) in [4.78, 5) is 20.1. The lowest BCUT2D eigenvalue weighted by atomic mass is 10.0. The summed E-state index contributed by atoms with van der Waals surface area (Å²) in [7, 11) is 3.55. The second-order valence-electron chi connectivity index (χ2n) is 7.65. The van der Waals surface area contributed by atoms with Crippen LogP contribution in [0.5, 0.6) is 11.5 Å². The standard InChI is InChI=1S/C25H25N5O2/c1-15-11-18(14-30(4)25(15)31)21-9-10-22-23(29-16(2)28-22)24(21)32-20-7-5-17(6-8-20)19(12-26)13-27-3/h5-14,26-27H,1-4H3,(H,28,29)/b19-13+,26-12?. The van der Waals surface area contributed by atoms with Crippen molar-refractivity contribution < 1.29 is 4.74 Å². The van der Waals surface area contributed by atoms with Crippen LogP contribution in [0, 0.1) is 19.3 Å². The Balaban J connectivity index is 1.83. The summed E-state index contributed by atoms with van der Waals surface area (Å²) in [6.07, 6.45) is 4.89. The first kappa shape index (κ1) is 21.1. The number of ether oxygens (including phenoxy) is 1. The van der Waals surface area contributed by atoms with Crippen molar-refractivity contribution in [3.8, 4) is 22.6 Å². The number of fused-ring (bicyclic) bond motifs is 1. The van der Waals surface area contributed by atoms with E-state index in [0.717, 1.165) is 39.1 Å². The lowest BCUT2D eigenvalue weighted by Gasteiger charge is -2.14. The summed E-state index contributed by atoms with van der Waals surface area (Å²) >= 11 is 0. The second kappa shape index (κ2) is 8.55. The number of H-pyrrole nitrogens is 1. The SMILES string of the molecule is CN/C=C(\C=N)c1ccc(Oc2c(-c3cc(C)c(=O)n(C)c3)ccc3[nH]c(C)nc23)cc1. The monoisotopic (exact) mass is 427 g/mol. The Labute approximate surface area is 185 Å². The van der Waals surface area contributed by atoms with Crippen molar-refractivity contribution in [1.82, 2.24) is 19.9 Å². The lowest BCUT2D eigenvalue weighted by Crippen LogP contribution is -2.18. The molecule has 0 radical (unpaired) electrons. The van der Waals surface area contributed by atoms with Gasteiger partial charge in [-0.25, -0.2) is 4.98 Å². The number of aryl methyl sites for hydroxylation is 3. The molecule has 0 aliphatic carbocycles. The molecule has 0 unspecified atom stereocenters. The molecule has 0 amide bonds. The van der Waals surface area contributed by atoms with Gasteiger partial charge in [-0.3, -0.25) is 4.79 Å². The van der Waals surface area contributed by atoms with Crippen LogP contribution in [0.25, 0.3) is 27.7 Å². The Morgan fingerprint density at radius 2 is 1.94 bits per heavy atom. The minimum Gasteiger partial charge on any atom is -0.454 e. The summed E-state index contributed by atoms with van der Waals surface area (Å²) < 4.78 is 7.95. The largest absolute Gasteiger partial charge is 0.454 e. The molecule has 7 nitrogen and oxygen atoms in total. The van der Waals surface area contributed by atoms with Crippen molar-refractivity contribution in [2.24, 2.45) is 7.05 Å². The van der Waals surface area contributed by atoms with Gasteiger partial charge in [0.2, 0.25) is 0 Å². The molecule has 4 rings (SSSR count). The van der Waals surface area contributed by atoms with Crippen LogP contribution in [-0.2, 0) is 7.05 Å². The highest BCUT2D eigenvalue weighted by Crippen LogP contribution is 2.39. The van der Waals surface area contributed by atoms with Crippen LogP contribution in [-0.4, -0.2) is 27.8 Å². The normalized spacial score (nSPS) is 11.6. The number of rotatable bonds is 6. The third kappa shape index (κ3) is 3.92. The molecule has 2 aromatic heterocycles. The first-order chi connectivity index (χ1) is 15.4. The van der Waals surface area contributed by atoms with E-state index in [-0.39, 0.29) is 5.56 Å². The van der Waals surface area contributed by atoms with Gasteiger partial charge in [0.15, 0.2) is 5.75 Å². The van der Waals surface area contributed by atoms with Gasteiger partial charge in [0.1, 0.15) is 17.1 Å². The number of hydrogen-bond acceptors (Lipinski definition) is 5. The quantitative estimate of drug-likeness (QED) is 0.394. The summed E-state index contributed by atoms with van der Waals surface area (Å²) in [5, 5.41) is 10.6. The minimum absolute atomic E-state index is 0.0277. The molecule has 0 aliphatic rings. The van der Waals surface area contributed by atoms with E-state index in [1.807, 2.05) is 62.5 Å². The fraction of sp³-hybridized carbons (Fsp3) is 0.160. The van der Waals surface area contributed by atoms with Crippen LogP contribution in [0.2, 0.25) is 0 Å². The molecule has 162 valence electrons. The van der Waals surface area contributed by atoms with Gasteiger partial charge in [0, 0.05) is 55.0 Å². The van der Waals surface area contributed by atoms with Crippen molar-refractivity contribution in [3.05, 3.63) is 82.2 Å². The molecule has 0 aliphatic heterocycles. The Hall–Kier alpha value is -4.13. The van der Waals surface area contributed by atoms with E-state index in [1.165, 1.54) is 6.21 Å². The van der Waals surface area contributed by atoms with Crippen LogP contribution in [0.3, 0.4) is 0 Å². The number of nitrogens with one attached hydrogen (secondary N) is 3. The van der Waals surface area contributed by atoms with Crippen LogP contribution < -0.4 is 15.6 Å². The summed E-state index contributed by atoms with van der Waals surface area (Å²) in [5.41, 5.74) is 5.64. The number of nitrogens with zero attached hydrogens (tertiary/aromatic N) is 2. The second-order valence-corrected chi connectivity index (χ2v) is 7.65. The van der Waals surface area contributed by atoms with Gasteiger partial charge >= 0.3 is 0 Å². The van der Waals surface area contributed by atoms with Crippen LogP contribution in [0.1, 0.15) is 17.0 Å². The topological polar surface area (TPSA) is 95.8 Å². The third-order valence-electron chi connectivity index (χ3n) is 5.26. The number of hydrogen-bond donors (Lipinski definition) is 3. The van der Waals surface area contributed by atoms with Gasteiger partial charge in [0.05, 0.1) is 5.52 Å². The van der Waals surface area contributed by atoms with Gasteiger partial charge < -0.3 is 25.0 Å². The Morgan fingerprint density at radius 3 is 2.59 bits per heavy atom. The molecule has 0 saturated heterocycles. The molecule has 4 aromatic rings. The summed E-state index contributed by atoms with van der Waals surface area (Å²) in [6.45, 7) is 3.71. The van der Waals surface area contributed by atoms with Crippen molar-refractivity contribution >= 4 is 22.8 Å². The average molecular weight is 428 g/mol. The summed E-state index contributed by atoms with van der Waals surface area (Å²) in [6, 6.07) is 13.4. The zero-order chi connectivity index (χ0) is 22.8. The van der Waals surface area contributed by atoms with E-state index in [1.54, 1.807) is 24.9 Å². The number of allylic oxidation sites excluding steroid dienone is 1. The highest BCUT2D eigenvalue weighted by Gasteiger charge is 2.16. The average Bonchev–Trinajstić information content (AvgIpc) is 3.17. The van der Waals surface area contributed by atoms with Crippen LogP contribution in [0.4, 0.5) is 0 Å². The molecule has 0 saturated carbocycles.